The van der Waals surface area contributed by atoms with Crippen LogP contribution >= 0.6 is 0 Å². The van der Waals surface area contributed by atoms with Gasteiger partial charge in [0.15, 0.2) is 5.60 Å². The Bertz CT molecular complexity index is 753. The molecule has 7 nitrogen and oxygen atoms in total. The lowest BCUT2D eigenvalue weighted by Crippen LogP contribution is -2.46. The van der Waals surface area contributed by atoms with Crippen LogP contribution in [0.4, 0.5) is 13.2 Å². The fraction of sp³-hybridized carbons (Fsp3) is 0.880. The molecule has 0 aliphatic rings. The largest absolute Gasteiger partial charge is 0.481 e. The molecule has 0 rings (SSSR count). The number of carbonyl (C=O) groups excluding carboxylic acids is 2. The van der Waals surface area contributed by atoms with E-state index < -0.39 is 65.1 Å². The monoisotopic (exact) mass is 512 g/mol. The molecule has 5 atom stereocenters. The number of aliphatic hydroxyl groups is 1. The number of alkyl halides is 3. The van der Waals surface area contributed by atoms with Crippen LogP contribution in [0, 0.1) is 22.7 Å². The zero-order valence-electron chi connectivity index (χ0n) is 22.6. The molecule has 0 amide bonds. The number of hydrogen-bond acceptors (Lipinski definition) is 6. The van der Waals surface area contributed by atoms with Crippen LogP contribution < -0.4 is 0 Å². The van der Waals surface area contributed by atoms with Gasteiger partial charge in [-0.1, -0.05) is 34.6 Å². The second-order valence-electron chi connectivity index (χ2n) is 11.7. The molecule has 0 saturated carbocycles. The number of rotatable bonds is 12. The van der Waals surface area contributed by atoms with Crippen LogP contribution in [0.1, 0.15) is 94.9 Å². The molecule has 10 heteroatoms. The summed E-state index contributed by atoms with van der Waals surface area (Å²) in [6.07, 6.45) is -7.24. The number of carbonyl (C=O) groups is 3. The molecule has 0 heterocycles. The first kappa shape index (κ1) is 33.2. The summed E-state index contributed by atoms with van der Waals surface area (Å²) in [6.45, 7) is 15.7. The fourth-order valence-corrected chi connectivity index (χ4v) is 3.51. The standard InChI is InChI=1S/C25H43F3O7/c1-11-17(18(29)30)14-23(9,12-15(2)19(31)35-22(7,8)21(4,5)6)20(32)34-16(3)13-24(10,33)25(26,27)28/h15-17,33H,11-14H2,1-10H3,(H,29,30). The van der Waals surface area contributed by atoms with Crippen molar-refractivity contribution in [3.05, 3.63) is 0 Å². The predicted octanol–water partition coefficient (Wildman–Crippen LogP) is 5.52. The van der Waals surface area contributed by atoms with Gasteiger partial charge < -0.3 is 19.7 Å². The van der Waals surface area contributed by atoms with E-state index in [4.69, 9.17) is 9.47 Å². The van der Waals surface area contributed by atoms with Gasteiger partial charge in [-0.05, 0) is 53.9 Å². The Balaban J connectivity index is 5.84. The minimum absolute atomic E-state index is 0.128. The maximum absolute atomic E-state index is 13.2. The highest BCUT2D eigenvalue weighted by atomic mass is 19.4. The van der Waals surface area contributed by atoms with Gasteiger partial charge in [0.05, 0.1) is 17.3 Å². The zero-order valence-corrected chi connectivity index (χ0v) is 22.6. The third kappa shape index (κ3) is 9.28. The molecular weight excluding hydrogens is 469 g/mol. The van der Waals surface area contributed by atoms with E-state index in [2.05, 4.69) is 0 Å². The van der Waals surface area contributed by atoms with E-state index in [1.54, 1.807) is 27.7 Å². The fourth-order valence-electron chi connectivity index (χ4n) is 3.51. The number of halogens is 3. The van der Waals surface area contributed by atoms with Crippen molar-refractivity contribution in [1.82, 2.24) is 0 Å². The second-order valence-corrected chi connectivity index (χ2v) is 11.7. The highest BCUT2D eigenvalue weighted by molar-refractivity contribution is 5.80. The second kappa shape index (κ2) is 11.5. The molecule has 35 heavy (non-hydrogen) atoms. The molecule has 0 aromatic carbocycles. The van der Waals surface area contributed by atoms with Crippen LogP contribution in [0.5, 0.6) is 0 Å². The number of carboxylic acids is 1. The highest BCUT2D eigenvalue weighted by Gasteiger charge is 2.51. The summed E-state index contributed by atoms with van der Waals surface area (Å²) in [7, 11) is 0. The summed E-state index contributed by atoms with van der Waals surface area (Å²) in [5, 5.41) is 19.3. The summed E-state index contributed by atoms with van der Waals surface area (Å²) >= 11 is 0. The Morgan fingerprint density at radius 3 is 1.74 bits per heavy atom. The van der Waals surface area contributed by atoms with Gasteiger partial charge in [-0.25, -0.2) is 0 Å². The Hall–Kier alpha value is -1.84. The van der Waals surface area contributed by atoms with Gasteiger partial charge in [-0.3, -0.25) is 14.4 Å². The summed E-state index contributed by atoms with van der Waals surface area (Å²) in [6, 6.07) is 0. The molecule has 0 saturated heterocycles. The molecule has 206 valence electrons. The molecule has 0 spiro atoms. The van der Waals surface area contributed by atoms with Gasteiger partial charge in [-0.15, -0.1) is 0 Å². The van der Waals surface area contributed by atoms with Crippen molar-refractivity contribution in [2.24, 2.45) is 22.7 Å². The van der Waals surface area contributed by atoms with Gasteiger partial charge in [0.2, 0.25) is 0 Å². The average molecular weight is 513 g/mol. The first-order valence-corrected chi connectivity index (χ1v) is 11.9. The molecule has 5 unspecified atom stereocenters. The topological polar surface area (TPSA) is 110 Å². The van der Waals surface area contributed by atoms with Crippen molar-refractivity contribution >= 4 is 17.9 Å². The Kier molecular flexibility index (Phi) is 10.9. The van der Waals surface area contributed by atoms with E-state index in [9.17, 15) is 37.8 Å². The van der Waals surface area contributed by atoms with Gasteiger partial charge >= 0.3 is 24.1 Å². The number of aliphatic carboxylic acids is 1. The van der Waals surface area contributed by atoms with Crippen molar-refractivity contribution in [2.75, 3.05) is 0 Å². The number of esters is 2. The van der Waals surface area contributed by atoms with E-state index in [1.807, 2.05) is 20.8 Å². The zero-order chi connectivity index (χ0) is 28.2. The molecule has 0 aromatic heterocycles. The van der Waals surface area contributed by atoms with E-state index in [-0.39, 0.29) is 24.7 Å². The Morgan fingerprint density at radius 2 is 1.37 bits per heavy atom. The highest BCUT2D eigenvalue weighted by Crippen LogP contribution is 2.40. The van der Waals surface area contributed by atoms with Crippen molar-refractivity contribution in [2.45, 2.75) is 118 Å². The maximum atomic E-state index is 13.2. The summed E-state index contributed by atoms with van der Waals surface area (Å²) in [5.74, 6) is -4.41. The Morgan fingerprint density at radius 1 is 0.886 bits per heavy atom. The van der Waals surface area contributed by atoms with Crippen molar-refractivity contribution in [1.29, 1.82) is 0 Å². The first-order valence-electron chi connectivity index (χ1n) is 11.9. The van der Waals surface area contributed by atoms with Gasteiger partial charge in [-0.2, -0.15) is 13.2 Å². The Labute approximate surface area is 206 Å². The van der Waals surface area contributed by atoms with Gasteiger partial charge in [0.1, 0.15) is 11.7 Å². The van der Waals surface area contributed by atoms with E-state index in [1.165, 1.54) is 13.8 Å². The molecule has 0 radical (unpaired) electrons. The van der Waals surface area contributed by atoms with Crippen LogP contribution in [0.3, 0.4) is 0 Å². The smallest absolute Gasteiger partial charge is 0.417 e. The van der Waals surface area contributed by atoms with Crippen LogP contribution in [-0.4, -0.2) is 51.6 Å². The van der Waals surface area contributed by atoms with Crippen molar-refractivity contribution in [3.8, 4) is 0 Å². The van der Waals surface area contributed by atoms with Crippen LogP contribution in [0.2, 0.25) is 0 Å². The van der Waals surface area contributed by atoms with Crippen molar-refractivity contribution in [3.63, 3.8) is 0 Å². The van der Waals surface area contributed by atoms with Gasteiger partial charge in [0.25, 0.3) is 0 Å². The number of carboxylic acid groups (broad SMARTS) is 1. The number of ether oxygens (including phenoxy) is 2. The minimum atomic E-state index is -4.92. The SMILES string of the molecule is CCC(CC(C)(CC(C)C(=O)OC(C)(C)C(C)(C)C)C(=O)OC(C)CC(C)(O)C(F)(F)F)C(=O)O. The average Bonchev–Trinajstić information content (AvgIpc) is 2.62. The van der Waals surface area contributed by atoms with Crippen LogP contribution in [0.15, 0.2) is 0 Å². The van der Waals surface area contributed by atoms with E-state index in [0.717, 1.165) is 0 Å². The first-order chi connectivity index (χ1) is 15.4. The number of hydrogen-bond donors (Lipinski definition) is 2. The summed E-state index contributed by atoms with van der Waals surface area (Å²) in [4.78, 5) is 37.7. The summed E-state index contributed by atoms with van der Waals surface area (Å²) in [5.41, 5.74) is -5.79. The molecular formula is C25H43F3O7. The predicted molar refractivity (Wildman–Crippen MR) is 124 cm³/mol. The van der Waals surface area contributed by atoms with Crippen LogP contribution in [0.25, 0.3) is 0 Å². The summed E-state index contributed by atoms with van der Waals surface area (Å²) < 4.78 is 50.1. The minimum Gasteiger partial charge on any atom is -0.481 e. The van der Waals surface area contributed by atoms with Crippen LogP contribution in [-0.2, 0) is 23.9 Å². The van der Waals surface area contributed by atoms with Gasteiger partial charge in [0, 0.05) is 11.8 Å². The molecule has 0 aromatic rings. The van der Waals surface area contributed by atoms with E-state index in [0.29, 0.717) is 6.92 Å². The molecule has 0 aliphatic heterocycles. The lowest BCUT2D eigenvalue weighted by molar-refractivity contribution is -0.261. The lowest BCUT2D eigenvalue weighted by atomic mass is 9.74. The third-order valence-corrected chi connectivity index (χ3v) is 6.96. The molecule has 2 N–H and O–H groups in total. The third-order valence-electron chi connectivity index (χ3n) is 6.96. The molecule has 0 aliphatic carbocycles. The maximum Gasteiger partial charge on any atom is 0.417 e. The molecule has 0 fully saturated rings. The quantitative estimate of drug-likeness (QED) is 0.331. The van der Waals surface area contributed by atoms with E-state index >= 15 is 0 Å². The normalized spacial score (nSPS) is 19.0. The molecule has 0 bridgehead atoms. The van der Waals surface area contributed by atoms with Crippen molar-refractivity contribution < 1.29 is 47.2 Å². The lowest BCUT2D eigenvalue weighted by Gasteiger charge is -2.39.